The second-order valence-electron chi connectivity index (χ2n) is 6.67. The molecule has 1 unspecified atom stereocenters. The summed E-state index contributed by atoms with van der Waals surface area (Å²) in [5, 5.41) is 2.64. The molecule has 0 saturated carbocycles. The van der Waals surface area contributed by atoms with Crippen molar-refractivity contribution in [3.8, 4) is 0 Å². The van der Waals surface area contributed by atoms with Crippen LogP contribution in [0.4, 0.5) is 18.9 Å². The predicted octanol–water partition coefficient (Wildman–Crippen LogP) is 3.91. The Kier molecular flexibility index (Phi) is 6.66. The molecule has 2 rings (SSSR count). The Balaban J connectivity index is 2.10. The molecule has 5 nitrogen and oxygen atoms in total. The number of benzene rings is 2. The van der Waals surface area contributed by atoms with Gasteiger partial charge in [0.2, 0.25) is 0 Å². The molecule has 0 bridgehead atoms. The van der Waals surface area contributed by atoms with Gasteiger partial charge in [-0.25, -0.2) is 0 Å². The van der Waals surface area contributed by atoms with Gasteiger partial charge in [-0.2, -0.15) is 13.2 Å². The molecule has 8 heteroatoms. The van der Waals surface area contributed by atoms with E-state index in [9.17, 15) is 22.8 Å². The molecule has 0 radical (unpaired) electrons. The number of anilines is 1. The minimum Gasteiger partial charge on any atom is -0.340 e. The molecule has 2 aromatic carbocycles. The third kappa shape index (κ3) is 5.25. The van der Waals surface area contributed by atoms with Crippen LogP contribution in [0.25, 0.3) is 0 Å². The highest BCUT2D eigenvalue weighted by Gasteiger charge is 2.33. The second kappa shape index (κ2) is 8.77. The summed E-state index contributed by atoms with van der Waals surface area (Å²) in [4.78, 5) is 25.0. The quantitative estimate of drug-likeness (QED) is 0.652. The van der Waals surface area contributed by atoms with Crippen LogP contribution in [0.5, 0.6) is 0 Å². The summed E-state index contributed by atoms with van der Waals surface area (Å²) in [5.74, 6) is -1.36. The highest BCUT2D eigenvalue weighted by molar-refractivity contribution is 5.98. The van der Waals surface area contributed by atoms with Crippen molar-refractivity contribution >= 4 is 17.5 Å². The molecular weight excluding hydrogens is 371 g/mol. The number of carbonyl (C=O) groups excluding carboxylic acids is 2. The van der Waals surface area contributed by atoms with E-state index in [1.807, 2.05) is 0 Å². The van der Waals surface area contributed by atoms with E-state index in [2.05, 4.69) is 16.2 Å². The van der Waals surface area contributed by atoms with Gasteiger partial charge in [0.25, 0.3) is 11.8 Å². The standard InChI is InChI=1S/C20H22F3N3O2/c1-12(2)17(24-18(27)14-9-5-4-8-13(14)3)19(28)26-25-16-11-7-6-10-15(16)20(21,22)23/h4-12,17,25H,1-3H3,(H,24,27)(H,26,28). The van der Waals surface area contributed by atoms with Crippen LogP contribution in [0.3, 0.4) is 0 Å². The summed E-state index contributed by atoms with van der Waals surface area (Å²) in [6.45, 7) is 5.23. The second-order valence-corrected chi connectivity index (χ2v) is 6.67. The van der Waals surface area contributed by atoms with E-state index >= 15 is 0 Å². The van der Waals surface area contributed by atoms with E-state index in [1.54, 1.807) is 45.0 Å². The zero-order valence-corrected chi connectivity index (χ0v) is 15.7. The number of hydrogen-bond acceptors (Lipinski definition) is 3. The van der Waals surface area contributed by atoms with Gasteiger partial charge in [-0.05, 0) is 36.6 Å². The molecule has 0 fully saturated rings. The minimum atomic E-state index is -4.56. The first-order valence-corrected chi connectivity index (χ1v) is 8.70. The number of para-hydroxylation sites is 1. The molecule has 1 atom stereocenters. The molecule has 28 heavy (non-hydrogen) atoms. The number of halogens is 3. The summed E-state index contributed by atoms with van der Waals surface area (Å²) in [6.07, 6.45) is -4.56. The Bertz CT molecular complexity index is 851. The van der Waals surface area contributed by atoms with Crippen molar-refractivity contribution in [1.29, 1.82) is 0 Å². The number of rotatable bonds is 6. The van der Waals surface area contributed by atoms with Crippen molar-refractivity contribution in [2.75, 3.05) is 5.43 Å². The monoisotopic (exact) mass is 393 g/mol. The molecule has 0 aliphatic heterocycles. The summed E-state index contributed by atoms with van der Waals surface area (Å²) in [7, 11) is 0. The fourth-order valence-electron chi connectivity index (χ4n) is 2.63. The Morgan fingerprint density at radius 1 is 0.964 bits per heavy atom. The van der Waals surface area contributed by atoms with Crippen LogP contribution in [-0.2, 0) is 11.0 Å². The fraction of sp³-hybridized carbons (Fsp3) is 0.300. The Hall–Kier alpha value is -3.03. The van der Waals surface area contributed by atoms with Gasteiger partial charge >= 0.3 is 6.18 Å². The number of aryl methyl sites for hydroxylation is 1. The molecular formula is C20H22F3N3O2. The zero-order chi connectivity index (χ0) is 20.9. The van der Waals surface area contributed by atoms with E-state index in [1.165, 1.54) is 18.2 Å². The van der Waals surface area contributed by atoms with Gasteiger partial charge in [0.1, 0.15) is 6.04 Å². The molecule has 0 aromatic heterocycles. The summed E-state index contributed by atoms with van der Waals surface area (Å²) in [5.41, 5.74) is 4.56. The van der Waals surface area contributed by atoms with Crippen LogP contribution in [0.1, 0.15) is 35.3 Å². The molecule has 150 valence electrons. The van der Waals surface area contributed by atoms with Crippen LogP contribution in [0.2, 0.25) is 0 Å². The smallest absolute Gasteiger partial charge is 0.340 e. The Labute approximate surface area is 161 Å². The lowest BCUT2D eigenvalue weighted by Gasteiger charge is -2.23. The molecule has 2 aromatic rings. The van der Waals surface area contributed by atoms with E-state index in [-0.39, 0.29) is 11.6 Å². The molecule has 0 aliphatic carbocycles. The van der Waals surface area contributed by atoms with Crippen LogP contribution >= 0.6 is 0 Å². The maximum absolute atomic E-state index is 13.0. The normalized spacial score (nSPS) is 12.4. The summed E-state index contributed by atoms with van der Waals surface area (Å²) >= 11 is 0. The topological polar surface area (TPSA) is 70.2 Å². The number of carbonyl (C=O) groups is 2. The molecule has 0 aliphatic rings. The number of hydrogen-bond donors (Lipinski definition) is 3. The van der Waals surface area contributed by atoms with E-state index in [0.717, 1.165) is 11.6 Å². The van der Waals surface area contributed by atoms with Crippen molar-refractivity contribution in [2.24, 2.45) is 5.92 Å². The average Bonchev–Trinajstić information content (AvgIpc) is 2.63. The van der Waals surface area contributed by atoms with Crippen LogP contribution < -0.4 is 16.2 Å². The van der Waals surface area contributed by atoms with Crippen molar-refractivity contribution in [1.82, 2.24) is 10.7 Å². The SMILES string of the molecule is Cc1ccccc1C(=O)NC(C(=O)NNc1ccccc1C(F)(F)F)C(C)C. The maximum Gasteiger partial charge on any atom is 0.418 e. The van der Waals surface area contributed by atoms with E-state index in [0.29, 0.717) is 5.56 Å². The highest BCUT2D eigenvalue weighted by Crippen LogP contribution is 2.34. The first kappa shape index (κ1) is 21.3. The van der Waals surface area contributed by atoms with Crippen molar-refractivity contribution < 1.29 is 22.8 Å². The molecule has 2 amide bonds. The Morgan fingerprint density at radius 3 is 2.18 bits per heavy atom. The molecule has 3 N–H and O–H groups in total. The van der Waals surface area contributed by atoms with Gasteiger partial charge in [0.15, 0.2) is 0 Å². The summed E-state index contributed by atoms with van der Waals surface area (Å²) in [6, 6.07) is 10.8. The van der Waals surface area contributed by atoms with Gasteiger partial charge in [0, 0.05) is 5.56 Å². The summed E-state index contributed by atoms with van der Waals surface area (Å²) < 4.78 is 39.1. The molecule has 0 saturated heterocycles. The van der Waals surface area contributed by atoms with E-state index in [4.69, 9.17) is 0 Å². The number of nitrogens with one attached hydrogen (secondary N) is 3. The van der Waals surface area contributed by atoms with Gasteiger partial charge in [-0.15, -0.1) is 0 Å². The number of hydrazine groups is 1. The number of alkyl halides is 3. The zero-order valence-electron chi connectivity index (χ0n) is 15.7. The number of amides is 2. The Morgan fingerprint density at radius 2 is 1.57 bits per heavy atom. The minimum absolute atomic E-state index is 0.281. The lowest BCUT2D eigenvalue weighted by molar-refractivity contribution is -0.137. The van der Waals surface area contributed by atoms with Crippen molar-refractivity contribution in [2.45, 2.75) is 33.0 Å². The largest absolute Gasteiger partial charge is 0.418 e. The fourth-order valence-corrected chi connectivity index (χ4v) is 2.63. The van der Waals surface area contributed by atoms with Crippen LogP contribution in [-0.4, -0.2) is 17.9 Å². The van der Waals surface area contributed by atoms with E-state index < -0.39 is 29.6 Å². The van der Waals surface area contributed by atoms with Crippen molar-refractivity contribution in [3.05, 3.63) is 65.2 Å². The lowest BCUT2D eigenvalue weighted by atomic mass is 10.0. The third-order valence-electron chi connectivity index (χ3n) is 4.18. The van der Waals surface area contributed by atoms with Crippen molar-refractivity contribution in [3.63, 3.8) is 0 Å². The van der Waals surface area contributed by atoms with Crippen LogP contribution in [0, 0.1) is 12.8 Å². The highest BCUT2D eigenvalue weighted by atomic mass is 19.4. The average molecular weight is 393 g/mol. The van der Waals surface area contributed by atoms with Gasteiger partial charge in [-0.1, -0.05) is 44.2 Å². The van der Waals surface area contributed by atoms with Gasteiger partial charge < -0.3 is 5.32 Å². The third-order valence-corrected chi connectivity index (χ3v) is 4.18. The molecule has 0 heterocycles. The first-order chi connectivity index (χ1) is 13.1. The first-order valence-electron chi connectivity index (χ1n) is 8.70. The van der Waals surface area contributed by atoms with Crippen LogP contribution in [0.15, 0.2) is 48.5 Å². The lowest BCUT2D eigenvalue weighted by Crippen LogP contribution is -2.51. The predicted molar refractivity (Wildman–Crippen MR) is 100 cm³/mol. The molecule has 0 spiro atoms. The maximum atomic E-state index is 13.0. The van der Waals surface area contributed by atoms with Gasteiger partial charge in [0.05, 0.1) is 11.3 Å². The van der Waals surface area contributed by atoms with Gasteiger partial charge in [-0.3, -0.25) is 20.4 Å².